The first-order chi connectivity index (χ1) is 8.09. The summed E-state index contributed by atoms with van der Waals surface area (Å²) in [5, 5.41) is 0. The Morgan fingerprint density at radius 2 is 2.24 bits per heavy atom. The van der Waals surface area contributed by atoms with Gasteiger partial charge in [-0.3, -0.25) is 4.90 Å². The van der Waals surface area contributed by atoms with Gasteiger partial charge in [0, 0.05) is 31.8 Å². The second kappa shape index (κ2) is 6.69. The summed E-state index contributed by atoms with van der Waals surface area (Å²) in [5.41, 5.74) is 6.24. The number of likely N-dealkylation sites (N-methyl/N-ethyl adjacent to an activating group) is 2. The van der Waals surface area contributed by atoms with Crippen LogP contribution in [0.1, 0.15) is 26.7 Å². The molecule has 1 rings (SSSR count). The molecule has 0 aromatic rings. The molecule has 2 atom stereocenters. The average molecular weight is 243 g/mol. The molecule has 1 aliphatic heterocycles. The number of piperidine rings is 1. The van der Waals surface area contributed by atoms with Gasteiger partial charge in [0.25, 0.3) is 0 Å². The molecule has 0 saturated carbocycles. The highest BCUT2D eigenvalue weighted by atomic mass is 16.5. The van der Waals surface area contributed by atoms with Gasteiger partial charge in [0.05, 0.1) is 6.61 Å². The van der Waals surface area contributed by atoms with Crippen LogP contribution < -0.4 is 5.73 Å². The van der Waals surface area contributed by atoms with Gasteiger partial charge in [0.1, 0.15) is 0 Å². The maximum absolute atomic E-state index is 6.10. The summed E-state index contributed by atoms with van der Waals surface area (Å²) in [6.45, 7) is 9.27. The van der Waals surface area contributed by atoms with E-state index in [1.165, 1.54) is 19.4 Å². The van der Waals surface area contributed by atoms with Crippen LogP contribution in [0.4, 0.5) is 0 Å². The first-order valence-corrected chi connectivity index (χ1v) is 6.74. The van der Waals surface area contributed by atoms with Gasteiger partial charge in [-0.15, -0.1) is 0 Å². The summed E-state index contributed by atoms with van der Waals surface area (Å²) in [4.78, 5) is 4.94. The fourth-order valence-corrected chi connectivity index (χ4v) is 3.30. The fraction of sp³-hybridized carbons (Fsp3) is 1.00. The maximum atomic E-state index is 6.10. The molecule has 2 unspecified atom stereocenters. The van der Waals surface area contributed by atoms with Crippen LogP contribution in [0.25, 0.3) is 0 Å². The van der Waals surface area contributed by atoms with E-state index in [0.717, 1.165) is 26.2 Å². The minimum absolute atomic E-state index is 0.139. The Morgan fingerprint density at radius 1 is 1.53 bits per heavy atom. The maximum Gasteiger partial charge on any atom is 0.0615 e. The summed E-state index contributed by atoms with van der Waals surface area (Å²) in [7, 11) is 3.96. The smallest absolute Gasteiger partial charge is 0.0615 e. The Balaban J connectivity index is 2.80. The lowest BCUT2D eigenvalue weighted by Gasteiger charge is -2.50. The predicted octanol–water partition coefficient (Wildman–Crippen LogP) is 0.766. The zero-order chi connectivity index (χ0) is 12.9. The molecule has 2 N–H and O–H groups in total. The third-order valence-electron chi connectivity index (χ3n) is 4.02. The fourth-order valence-electron chi connectivity index (χ4n) is 3.30. The number of rotatable bonds is 6. The summed E-state index contributed by atoms with van der Waals surface area (Å²) < 4.78 is 5.30. The number of nitrogens with two attached hydrogens (primary N) is 1. The Hall–Kier alpha value is -0.160. The van der Waals surface area contributed by atoms with E-state index in [2.05, 4.69) is 30.7 Å². The monoisotopic (exact) mass is 243 g/mol. The number of hydrogen-bond acceptors (Lipinski definition) is 4. The van der Waals surface area contributed by atoms with E-state index >= 15 is 0 Å². The zero-order valence-electron chi connectivity index (χ0n) is 11.9. The van der Waals surface area contributed by atoms with E-state index in [1.54, 1.807) is 7.11 Å². The average Bonchev–Trinajstić information content (AvgIpc) is 2.30. The van der Waals surface area contributed by atoms with E-state index < -0.39 is 0 Å². The SMILES string of the molecule is CCN(C(C)COC)C1(CN)CCCN(C)C1. The largest absolute Gasteiger partial charge is 0.383 e. The molecule has 0 aromatic carbocycles. The van der Waals surface area contributed by atoms with Crippen LogP contribution >= 0.6 is 0 Å². The second-order valence-electron chi connectivity index (χ2n) is 5.36. The molecule has 0 bridgehead atoms. The Kier molecular flexibility index (Phi) is 5.86. The van der Waals surface area contributed by atoms with E-state index in [9.17, 15) is 0 Å². The molecule has 0 aromatic heterocycles. The summed E-state index contributed by atoms with van der Waals surface area (Å²) >= 11 is 0. The van der Waals surface area contributed by atoms with Gasteiger partial charge in [-0.05, 0) is 39.9 Å². The van der Waals surface area contributed by atoms with E-state index in [1.807, 2.05) is 0 Å². The van der Waals surface area contributed by atoms with Crippen molar-refractivity contribution in [3.05, 3.63) is 0 Å². The van der Waals surface area contributed by atoms with E-state index in [4.69, 9.17) is 10.5 Å². The van der Waals surface area contributed by atoms with Gasteiger partial charge in [0.2, 0.25) is 0 Å². The summed E-state index contributed by atoms with van der Waals surface area (Å²) in [6.07, 6.45) is 2.44. The number of methoxy groups -OCH3 is 1. The molecule has 17 heavy (non-hydrogen) atoms. The minimum Gasteiger partial charge on any atom is -0.383 e. The summed E-state index contributed by atoms with van der Waals surface area (Å²) in [5.74, 6) is 0. The second-order valence-corrected chi connectivity index (χ2v) is 5.36. The highest BCUT2D eigenvalue weighted by Gasteiger charge is 2.39. The lowest BCUT2D eigenvalue weighted by Crippen LogP contribution is -2.64. The molecular weight excluding hydrogens is 214 g/mol. The molecule has 1 aliphatic rings. The minimum atomic E-state index is 0.139. The van der Waals surface area contributed by atoms with Crippen molar-refractivity contribution < 1.29 is 4.74 Å². The van der Waals surface area contributed by atoms with Crippen LogP contribution in [0, 0.1) is 0 Å². The molecular formula is C13H29N3O. The first-order valence-electron chi connectivity index (χ1n) is 6.74. The quantitative estimate of drug-likeness (QED) is 0.748. The predicted molar refractivity (Wildman–Crippen MR) is 72.2 cm³/mol. The van der Waals surface area contributed by atoms with Crippen molar-refractivity contribution in [2.45, 2.75) is 38.3 Å². The Labute approximate surface area is 106 Å². The van der Waals surface area contributed by atoms with Crippen LogP contribution in [-0.4, -0.2) is 68.3 Å². The van der Waals surface area contributed by atoms with Crippen molar-refractivity contribution in [1.82, 2.24) is 9.80 Å². The van der Waals surface area contributed by atoms with Gasteiger partial charge in [0.15, 0.2) is 0 Å². The molecule has 102 valence electrons. The molecule has 4 heteroatoms. The van der Waals surface area contributed by atoms with Gasteiger partial charge < -0.3 is 15.4 Å². The lowest BCUT2D eigenvalue weighted by atomic mass is 9.86. The van der Waals surface area contributed by atoms with Crippen LogP contribution in [-0.2, 0) is 4.74 Å². The molecule has 0 spiro atoms. The topological polar surface area (TPSA) is 41.7 Å². The van der Waals surface area contributed by atoms with Crippen LogP contribution in [0.15, 0.2) is 0 Å². The van der Waals surface area contributed by atoms with E-state index in [0.29, 0.717) is 6.04 Å². The molecule has 0 amide bonds. The first kappa shape index (κ1) is 14.9. The van der Waals surface area contributed by atoms with Crippen molar-refractivity contribution in [2.75, 3.05) is 46.9 Å². The molecule has 4 nitrogen and oxygen atoms in total. The van der Waals surface area contributed by atoms with Crippen molar-refractivity contribution in [3.8, 4) is 0 Å². The van der Waals surface area contributed by atoms with Crippen molar-refractivity contribution in [1.29, 1.82) is 0 Å². The van der Waals surface area contributed by atoms with Crippen LogP contribution in [0.5, 0.6) is 0 Å². The number of ether oxygens (including phenoxy) is 1. The van der Waals surface area contributed by atoms with Crippen molar-refractivity contribution in [2.24, 2.45) is 5.73 Å². The molecule has 1 heterocycles. The normalized spacial score (nSPS) is 28.6. The van der Waals surface area contributed by atoms with Crippen LogP contribution in [0.3, 0.4) is 0 Å². The standard InChI is InChI=1S/C13H29N3O/c1-5-16(12(2)9-17-4)13(10-14)7-6-8-15(3)11-13/h12H,5-11,14H2,1-4H3. The zero-order valence-corrected chi connectivity index (χ0v) is 11.9. The van der Waals surface area contributed by atoms with Gasteiger partial charge in [-0.1, -0.05) is 6.92 Å². The van der Waals surface area contributed by atoms with Crippen LogP contribution in [0.2, 0.25) is 0 Å². The van der Waals surface area contributed by atoms with Crippen molar-refractivity contribution >= 4 is 0 Å². The van der Waals surface area contributed by atoms with Gasteiger partial charge in [-0.2, -0.15) is 0 Å². The third kappa shape index (κ3) is 3.41. The van der Waals surface area contributed by atoms with Gasteiger partial charge in [-0.25, -0.2) is 0 Å². The molecule has 1 saturated heterocycles. The third-order valence-corrected chi connectivity index (χ3v) is 4.02. The summed E-state index contributed by atoms with van der Waals surface area (Å²) in [6, 6.07) is 0.431. The lowest BCUT2D eigenvalue weighted by molar-refractivity contribution is -0.0185. The van der Waals surface area contributed by atoms with Crippen molar-refractivity contribution in [3.63, 3.8) is 0 Å². The Bertz CT molecular complexity index is 225. The Morgan fingerprint density at radius 3 is 2.71 bits per heavy atom. The highest BCUT2D eigenvalue weighted by Crippen LogP contribution is 2.28. The molecule has 0 aliphatic carbocycles. The number of likely N-dealkylation sites (tertiary alicyclic amines) is 1. The molecule has 1 fully saturated rings. The number of nitrogens with zero attached hydrogens (tertiary/aromatic N) is 2. The van der Waals surface area contributed by atoms with E-state index in [-0.39, 0.29) is 5.54 Å². The number of hydrogen-bond donors (Lipinski definition) is 1. The highest BCUT2D eigenvalue weighted by molar-refractivity contribution is 4.98. The molecule has 0 radical (unpaired) electrons. The van der Waals surface area contributed by atoms with Gasteiger partial charge >= 0.3 is 0 Å².